The summed E-state index contributed by atoms with van der Waals surface area (Å²) in [5.74, 6) is -0.292. The third-order valence-electron chi connectivity index (χ3n) is 5.41. The average molecular weight is 384 g/mol. The van der Waals surface area contributed by atoms with Crippen LogP contribution in [0.5, 0.6) is 0 Å². The van der Waals surface area contributed by atoms with Crippen LogP contribution in [0.15, 0.2) is 48.5 Å². The molecule has 27 heavy (non-hydrogen) atoms. The van der Waals surface area contributed by atoms with E-state index in [9.17, 15) is 9.59 Å². The second kappa shape index (κ2) is 7.33. The minimum atomic E-state index is -0.381. The Kier molecular flexibility index (Phi) is 4.89. The highest BCUT2D eigenvalue weighted by molar-refractivity contribution is 6.31. The third-order valence-corrected chi connectivity index (χ3v) is 5.65. The fraction of sp³-hybridized carbons (Fsp3) is 0.333. The number of amides is 2. The Morgan fingerprint density at radius 2 is 1.67 bits per heavy atom. The second-order valence-electron chi connectivity index (χ2n) is 7.08. The number of hydrogen-bond acceptors (Lipinski definition) is 4. The Hall–Kier alpha value is -2.37. The summed E-state index contributed by atoms with van der Waals surface area (Å²) < 4.78 is 0. The van der Waals surface area contributed by atoms with E-state index < -0.39 is 0 Å². The molecule has 0 aromatic heterocycles. The van der Waals surface area contributed by atoms with Crippen LogP contribution in [0.25, 0.3) is 0 Å². The van der Waals surface area contributed by atoms with Crippen LogP contribution in [-0.4, -0.2) is 48.9 Å². The third kappa shape index (κ3) is 3.45. The van der Waals surface area contributed by atoms with Gasteiger partial charge in [-0.1, -0.05) is 35.9 Å². The zero-order valence-electron chi connectivity index (χ0n) is 15.3. The number of imide groups is 1. The predicted octanol–water partition coefficient (Wildman–Crippen LogP) is 3.10. The molecule has 5 nitrogen and oxygen atoms in total. The maximum atomic E-state index is 13.0. The minimum Gasteiger partial charge on any atom is -0.369 e. The summed E-state index contributed by atoms with van der Waals surface area (Å²) in [6, 6.07) is 15.2. The Balaban J connectivity index is 1.47. The van der Waals surface area contributed by atoms with Crippen molar-refractivity contribution < 1.29 is 9.59 Å². The minimum absolute atomic E-state index is 0.140. The number of para-hydroxylation sites is 1. The molecule has 0 aliphatic carbocycles. The van der Waals surface area contributed by atoms with E-state index in [-0.39, 0.29) is 24.3 Å². The van der Waals surface area contributed by atoms with Crippen LogP contribution >= 0.6 is 11.6 Å². The molecule has 2 saturated heterocycles. The largest absolute Gasteiger partial charge is 0.369 e. The van der Waals surface area contributed by atoms with Gasteiger partial charge in [0, 0.05) is 36.9 Å². The lowest BCUT2D eigenvalue weighted by Gasteiger charge is -2.38. The van der Waals surface area contributed by atoms with Gasteiger partial charge in [-0.3, -0.25) is 14.5 Å². The lowest BCUT2D eigenvalue weighted by Crippen LogP contribution is -2.52. The lowest BCUT2D eigenvalue weighted by atomic mass is 10.1. The van der Waals surface area contributed by atoms with E-state index in [0.717, 1.165) is 31.7 Å². The second-order valence-corrected chi connectivity index (χ2v) is 7.51. The summed E-state index contributed by atoms with van der Waals surface area (Å²) >= 11 is 6.08. The van der Waals surface area contributed by atoms with E-state index in [0.29, 0.717) is 10.7 Å². The highest BCUT2D eigenvalue weighted by Gasteiger charge is 2.43. The first-order valence-corrected chi connectivity index (χ1v) is 9.59. The fourth-order valence-corrected chi connectivity index (χ4v) is 4.07. The number of halogens is 1. The number of benzene rings is 2. The highest BCUT2D eigenvalue weighted by Crippen LogP contribution is 2.31. The predicted molar refractivity (Wildman–Crippen MR) is 107 cm³/mol. The van der Waals surface area contributed by atoms with Gasteiger partial charge in [0.25, 0.3) is 5.91 Å². The molecular weight excluding hydrogens is 362 g/mol. The van der Waals surface area contributed by atoms with Crippen molar-refractivity contribution in [2.45, 2.75) is 19.4 Å². The summed E-state index contributed by atoms with van der Waals surface area (Å²) in [6.45, 7) is 5.11. The molecule has 0 N–H and O–H groups in total. The van der Waals surface area contributed by atoms with Crippen LogP contribution in [0.4, 0.5) is 11.4 Å². The van der Waals surface area contributed by atoms with Gasteiger partial charge in [-0.25, -0.2) is 4.90 Å². The van der Waals surface area contributed by atoms with Gasteiger partial charge in [0.05, 0.1) is 18.2 Å². The first-order chi connectivity index (χ1) is 13.0. The van der Waals surface area contributed by atoms with Crippen molar-refractivity contribution in [2.24, 2.45) is 0 Å². The average Bonchev–Trinajstić information content (AvgIpc) is 2.99. The molecule has 0 unspecified atom stereocenters. The molecule has 0 radical (unpaired) electrons. The topological polar surface area (TPSA) is 43.9 Å². The lowest BCUT2D eigenvalue weighted by molar-refractivity contribution is -0.123. The molecule has 6 heteroatoms. The molecule has 0 saturated carbocycles. The molecule has 0 bridgehead atoms. The monoisotopic (exact) mass is 383 g/mol. The quantitative estimate of drug-likeness (QED) is 0.764. The van der Waals surface area contributed by atoms with Crippen molar-refractivity contribution in [2.75, 3.05) is 36.0 Å². The Morgan fingerprint density at radius 3 is 2.37 bits per heavy atom. The van der Waals surface area contributed by atoms with Crippen molar-refractivity contribution in [1.82, 2.24) is 4.90 Å². The first kappa shape index (κ1) is 18.0. The number of aryl methyl sites for hydroxylation is 1. The maximum Gasteiger partial charge on any atom is 0.251 e. The zero-order chi connectivity index (χ0) is 19.0. The fourth-order valence-electron chi connectivity index (χ4n) is 3.91. The van der Waals surface area contributed by atoms with Crippen LogP contribution in [0.3, 0.4) is 0 Å². The van der Waals surface area contributed by atoms with Crippen LogP contribution < -0.4 is 9.80 Å². The van der Waals surface area contributed by atoms with Gasteiger partial charge in [0.15, 0.2) is 0 Å². The molecule has 2 fully saturated rings. The van der Waals surface area contributed by atoms with E-state index in [4.69, 9.17) is 11.6 Å². The Bertz CT molecular complexity index is 863. The molecule has 2 aromatic rings. The number of nitrogens with zero attached hydrogens (tertiary/aromatic N) is 3. The van der Waals surface area contributed by atoms with Crippen LogP contribution in [0.1, 0.15) is 12.0 Å². The number of anilines is 2. The molecule has 2 amide bonds. The normalized spacial score (nSPS) is 21.2. The molecule has 0 spiro atoms. The van der Waals surface area contributed by atoms with Gasteiger partial charge in [0.1, 0.15) is 0 Å². The number of rotatable bonds is 3. The molecule has 1 atom stereocenters. The summed E-state index contributed by atoms with van der Waals surface area (Å²) in [6.07, 6.45) is 0.232. The molecular formula is C21H22ClN3O2. The van der Waals surface area contributed by atoms with Gasteiger partial charge in [-0.15, -0.1) is 0 Å². The van der Waals surface area contributed by atoms with Gasteiger partial charge in [-0.2, -0.15) is 0 Å². The number of hydrogen-bond donors (Lipinski definition) is 0. The molecule has 2 aliphatic heterocycles. The molecule has 140 valence electrons. The standard InChI is InChI=1S/C21H22ClN3O2/c1-15-7-8-16(22)13-18(15)25-20(26)14-19(21(25)27)24-11-9-23(10-12-24)17-5-3-2-4-6-17/h2-8,13,19H,9-12,14H2,1H3/t19-/m1/s1. The van der Waals surface area contributed by atoms with Crippen molar-refractivity contribution >= 4 is 34.8 Å². The number of carbonyl (C=O) groups is 2. The van der Waals surface area contributed by atoms with Crippen molar-refractivity contribution in [3.63, 3.8) is 0 Å². The van der Waals surface area contributed by atoms with E-state index >= 15 is 0 Å². The zero-order valence-corrected chi connectivity index (χ0v) is 16.0. The van der Waals surface area contributed by atoms with Crippen molar-refractivity contribution in [1.29, 1.82) is 0 Å². The van der Waals surface area contributed by atoms with Crippen LogP contribution in [-0.2, 0) is 9.59 Å². The molecule has 4 rings (SSSR count). The molecule has 2 heterocycles. The summed E-state index contributed by atoms with van der Waals surface area (Å²) in [5.41, 5.74) is 2.67. The summed E-state index contributed by atoms with van der Waals surface area (Å²) in [4.78, 5) is 31.4. The smallest absolute Gasteiger partial charge is 0.251 e. The number of piperazine rings is 1. The van der Waals surface area contributed by atoms with Gasteiger partial charge >= 0.3 is 0 Å². The highest BCUT2D eigenvalue weighted by atomic mass is 35.5. The summed E-state index contributed by atoms with van der Waals surface area (Å²) in [5, 5.41) is 0.524. The van der Waals surface area contributed by atoms with E-state index in [1.54, 1.807) is 12.1 Å². The van der Waals surface area contributed by atoms with Gasteiger partial charge in [-0.05, 0) is 36.8 Å². The SMILES string of the molecule is Cc1ccc(Cl)cc1N1C(=O)C[C@@H](N2CCN(c3ccccc3)CC2)C1=O. The molecule has 2 aliphatic rings. The van der Waals surface area contributed by atoms with Crippen molar-refractivity contribution in [3.05, 3.63) is 59.1 Å². The van der Waals surface area contributed by atoms with Gasteiger partial charge < -0.3 is 4.90 Å². The van der Waals surface area contributed by atoms with E-state index in [2.05, 4.69) is 21.9 Å². The van der Waals surface area contributed by atoms with Crippen LogP contribution in [0, 0.1) is 6.92 Å². The molecule has 2 aromatic carbocycles. The Morgan fingerprint density at radius 1 is 0.963 bits per heavy atom. The maximum absolute atomic E-state index is 13.0. The first-order valence-electron chi connectivity index (χ1n) is 9.21. The van der Waals surface area contributed by atoms with E-state index in [1.165, 1.54) is 10.6 Å². The number of carbonyl (C=O) groups excluding carboxylic acids is 2. The van der Waals surface area contributed by atoms with Gasteiger partial charge in [0.2, 0.25) is 5.91 Å². The van der Waals surface area contributed by atoms with Crippen molar-refractivity contribution in [3.8, 4) is 0 Å². The van der Waals surface area contributed by atoms with E-state index in [1.807, 2.05) is 31.2 Å². The van der Waals surface area contributed by atoms with Crippen LogP contribution in [0.2, 0.25) is 5.02 Å². The summed E-state index contributed by atoms with van der Waals surface area (Å²) in [7, 11) is 0. The Labute approximate surface area is 164 Å².